The average Bonchev–Trinajstić information content (AvgIpc) is 3.55. The van der Waals surface area contributed by atoms with Crippen LogP contribution in [0.15, 0.2) is 43.0 Å². The summed E-state index contributed by atoms with van der Waals surface area (Å²) in [6, 6.07) is 5.87. The molecule has 9 heteroatoms. The van der Waals surface area contributed by atoms with Crippen LogP contribution in [0.4, 0.5) is 0 Å². The quantitative estimate of drug-likeness (QED) is 0.353. The number of carbonyl (C=O) groups excluding carboxylic acids is 1. The zero-order valence-corrected chi connectivity index (χ0v) is 17.3. The van der Waals surface area contributed by atoms with Crippen LogP contribution in [0.2, 0.25) is 0 Å². The number of fused-ring (bicyclic) bond motifs is 1. The lowest BCUT2D eigenvalue weighted by Crippen LogP contribution is -2.05. The Bertz CT molecular complexity index is 1340. The molecule has 1 aromatic carbocycles. The van der Waals surface area contributed by atoms with Gasteiger partial charge in [0.05, 0.1) is 23.6 Å². The summed E-state index contributed by atoms with van der Waals surface area (Å²) in [5.41, 5.74) is 7.45. The molecule has 4 heterocycles. The fourth-order valence-corrected chi connectivity index (χ4v) is 3.88. The molecule has 156 valence electrons. The van der Waals surface area contributed by atoms with Crippen molar-refractivity contribution in [1.29, 1.82) is 0 Å². The lowest BCUT2D eigenvalue weighted by molar-refractivity contribution is 0.0989. The molecule has 0 unspecified atom stereocenters. The second kappa shape index (κ2) is 7.67. The number of carbonyl (C=O) groups is 1. The summed E-state index contributed by atoms with van der Waals surface area (Å²) in [6.07, 6.45) is 8.36. The fraction of sp³-hybridized carbons (Fsp3) is 0.227. The first kappa shape index (κ1) is 19.0. The molecule has 5 rings (SSSR count). The molecular weight excluding hydrogens is 392 g/mol. The minimum atomic E-state index is -0.0385. The van der Waals surface area contributed by atoms with Gasteiger partial charge in [-0.3, -0.25) is 24.8 Å². The molecule has 0 aliphatic heterocycles. The first-order valence-electron chi connectivity index (χ1n) is 10.1. The lowest BCUT2D eigenvalue weighted by atomic mass is 10.0. The largest absolute Gasteiger partial charge is 0.292 e. The Morgan fingerprint density at radius 2 is 2.00 bits per heavy atom. The predicted octanol–water partition coefficient (Wildman–Crippen LogP) is 3.16. The SMILES string of the molecule is Cc1n[nH]c(C)c1CCn1cc(CC(=O)c2n[nH]c3cc(-c4cn[nH]c4)ccc23)cn1. The molecule has 0 atom stereocenters. The molecule has 9 nitrogen and oxygen atoms in total. The number of hydrogen-bond donors (Lipinski definition) is 3. The molecule has 4 aromatic heterocycles. The van der Waals surface area contributed by atoms with E-state index >= 15 is 0 Å². The van der Waals surface area contributed by atoms with Crippen molar-refractivity contribution in [2.24, 2.45) is 0 Å². The topological polar surface area (TPSA) is 121 Å². The normalized spacial score (nSPS) is 11.4. The van der Waals surface area contributed by atoms with E-state index in [-0.39, 0.29) is 12.2 Å². The van der Waals surface area contributed by atoms with Crippen LogP contribution in [0.5, 0.6) is 0 Å². The zero-order chi connectivity index (χ0) is 21.4. The number of ketones is 1. The lowest BCUT2D eigenvalue weighted by Gasteiger charge is -2.02. The molecule has 0 bridgehead atoms. The third-order valence-corrected chi connectivity index (χ3v) is 5.58. The van der Waals surface area contributed by atoms with Crippen LogP contribution in [0.1, 0.15) is 33.0 Å². The molecule has 0 saturated carbocycles. The Labute approximate surface area is 177 Å². The van der Waals surface area contributed by atoms with E-state index in [2.05, 4.69) is 35.7 Å². The highest BCUT2D eigenvalue weighted by molar-refractivity contribution is 6.07. The van der Waals surface area contributed by atoms with Gasteiger partial charge >= 0.3 is 0 Å². The van der Waals surface area contributed by atoms with Gasteiger partial charge in [0.15, 0.2) is 5.78 Å². The van der Waals surface area contributed by atoms with Crippen LogP contribution >= 0.6 is 0 Å². The maximum Gasteiger partial charge on any atom is 0.188 e. The molecule has 0 radical (unpaired) electrons. The molecule has 0 saturated heterocycles. The number of aryl methyl sites for hydroxylation is 3. The Morgan fingerprint density at radius 3 is 2.77 bits per heavy atom. The summed E-state index contributed by atoms with van der Waals surface area (Å²) in [4.78, 5) is 12.9. The number of H-pyrrole nitrogens is 3. The third kappa shape index (κ3) is 3.65. The summed E-state index contributed by atoms with van der Waals surface area (Å²) < 4.78 is 1.87. The average molecular weight is 414 g/mol. The third-order valence-electron chi connectivity index (χ3n) is 5.58. The van der Waals surface area contributed by atoms with Crippen LogP contribution in [-0.4, -0.2) is 46.2 Å². The van der Waals surface area contributed by atoms with Crippen molar-refractivity contribution < 1.29 is 4.79 Å². The Balaban J connectivity index is 1.29. The Morgan fingerprint density at radius 1 is 1.10 bits per heavy atom. The zero-order valence-electron chi connectivity index (χ0n) is 17.3. The number of Topliss-reactive ketones (excluding diaryl/α,β-unsaturated/α-hetero) is 1. The van der Waals surface area contributed by atoms with Crippen molar-refractivity contribution in [2.45, 2.75) is 33.2 Å². The monoisotopic (exact) mass is 414 g/mol. The number of hydrogen-bond acceptors (Lipinski definition) is 5. The van der Waals surface area contributed by atoms with Crippen molar-refractivity contribution in [1.82, 2.24) is 40.4 Å². The predicted molar refractivity (Wildman–Crippen MR) is 116 cm³/mol. The first-order valence-corrected chi connectivity index (χ1v) is 10.1. The van der Waals surface area contributed by atoms with E-state index in [1.807, 2.05) is 49.1 Å². The summed E-state index contributed by atoms with van der Waals surface area (Å²) in [5, 5.41) is 26.5. The van der Waals surface area contributed by atoms with E-state index in [4.69, 9.17) is 0 Å². The highest BCUT2D eigenvalue weighted by Crippen LogP contribution is 2.25. The number of rotatable bonds is 7. The summed E-state index contributed by atoms with van der Waals surface area (Å²) in [7, 11) is 0. The molecular formula is C22H22N8O. The second-order valence-electron chi connectivity index (χ2n) is 7.69. The van der Waals surface area contributed by atoms with E-state index in [1.165, 1.54) is 5.56 Å². The van der Waals surface area contributed by atoms with Gasteiger partial charge < -0.3 is 0 Å². The van der Waals surface area contributed by atoms with E-state index in [0.29, 0.717) is 5.69 Å². The molecule has 0 aliphatic rings. The first-order chi connectivity index (χ1) is 15.1. The fourth-order valence-electron chi connectivity index (χ4n) is 3.88. The van der Waals surface area contributed by atoms with Gasteiger partial charge in [0, 0.05) is 42.0 Å². The van der Waals surface area contributed by atoms with Crippen LogP contribution < -0.4 is 0 Å². The molecule has 0 fully saturated rings. The molecule has 31 heavy (non-hydrogen) atoms. The van der Waals surface area contributed by atoms with E-state index in [0.717, 1.165) is 51.9 Å². The van der Waals surface area contributed by atoms with Crippen molar-refractivity contribution in [3.63, 3.8) is 0 Å². The standard InChI is InChI=1S/C22H22N8O/c1-13-18(14(2)27-26-13)5-6-30-12-15(9-25-30)7-21(31)22-19-4-3-16(8-20(19)28-29-22)17-10-23-24-11-17/h3-4,8-12H,5-7H2,1-2H3,(H,23,24)(H,26,27)(H,28,29). The van der Waals surface area contributed by atoms with Gasteiger partial charge in [-0.2, -0.15) is 20.4 Å². The highest BCUT2D eigenvalue weighted by Gasteiger charge is 2.16. The minimum absolute atomic E-state index is 0.0385. The number of benzene rings is 1. The van der Waals surface area contributed by atoms with Gasteiger partial charge in [-0.25, -0.2) is 0 Å². The Hall–Kier alpha value is -4.01. The highest BCUT2D eigenvalue weighted by atomic mass is 16.1. The number of nitrogens with zero attached hydrogens (tertiary/aromatic N) is 5. The molecule has 5 aromatic rings. The smallest absolute Gasteiger partial charge is 0.188 e. The van der Waals surface area contributed by atoms with E-state index in [1.54, 1.807) is 12.4 Å². The summed E-state index contributed by atoms with van der Waals surface area (Å²) in [6.45, 7) is 4.75. The van der Waals surface area contributed by atoms with Gasteiger partial charge in [-0.1, -0.05) is 6.07 Å². The minimum Gasteiger partial charge on any atom is -0.292 e. The molecule has 0 amide bonds. The maximum absolute atomic E-state index is 12.9. The van der Waals surface area contributed by atoms with Crippen molar-refractivity contribution in [3.8, 4) is 11.1 Å². The summed E-state index contributed by atoms with van der Waals surface area (Å²) in [5.74, 6) is -0.0385. The van der Waals surface area contributed by atoms with Gasteiger partial charge in [0.2, 0.25) is 0 Å². The molecule has 0 aliphatic carbocycles. The van der Waals surface area contributed by atoms with Gasteiger partial charge in [-0.05, 0) is 49.1 Å². The van der Waals surface area contributed by atoms with E-state index in [9.17, 15) is 4.79 Å². The van der Waals surface area contributed by atoms with Gasteiger partial charge in [0.1, 0.15) is 5.69 Å². The van der Waals surface area contributed by atoms with E-state index < -0.39 is 0 Å². The van der Waals surface area contributed by atoms with Crippen LogP contribution in [0.3, 0.4) is 0 Å². The molecule has 3 N–H and O–H groups in total. The van der Waals surface area contributed by atoms with Crippen LogP contribution in [-0.2, 0) is 19.4 Å². The van der Waals surface area contributed by atoms with Gasteiger partial charge in [0.25, 0.3) is 0 Å². The number of nitrogens with one attached hydrogen (secondary N) is 3. The van der Waals surface area contributed by atoms with Crippen LogP contribution in [0, 0.1) is 13.8 Å². The van der Waals surface area contributed by atoms with Crippen molar-refractivity contribution in [2.75, 3.05) is 0 Å². The van der Waals surface area contributed by atoms with Crippen molar-refractivity contribution >= 4 is 16.7 Å². The Kier molecular flexibility index (Phi) is 4.70. The number of aromatic amines is 3. The number of aromatic nitrogens is 8. The van der Waals surface area contributed by atoms with Crippen molar-refractivity contribution in [3.05, 3.63) is 71.2 Å². The van der Waals surface area contributed by atoms with Gasteiger partial charge in [-0.15, -0.1) is 0 Å². The maximum atomic E-state index is 12.9. The van der Waals surface area contributed by atoms with Crippen LogP contribution in [0.25, 0.3) is 22.0 Å². The second-order valence-corrected chi connectivity index (χ2v) is 7.69. The molecule has 0 spiro atoms. The summed E-state index contributed by atoms with van der Waals surface area (Å²) >= 11 is 0.